The van der Waals surface area contributed by atoms with Crippen molar-refractivity contribution in [2.75, 3.05) is 0 Å². The molecule has 2 rings (SSSR count). The molecule has 152 valence electrons. The fourth-order valence-electron chi connectivity index (χ4n) is 2.47. The third kappa shape index (κ3) is 5.54. The molecule has 0 unspecified atom stereocenters. The molecule has 0 saturated heterocycles. The average molecular weight is 408 g/mol. The van der Waals surface area contributed by atoms with Gasteiger partial charge in [-0.3, -0.25) is 9.59 Å². The standard InChI is InChI=1S/C19H26FN5O2S/c1-11(21-17(27)13-9-7-8-10-14(13)20)15-23-24-18(25(15)6)28-12(2)16(26)22-19(3,4)5/h7-12H,1-6H3,(H,21,27)(H,22,26)/t11-,12+/m0/s1. The molecule has 28 heavy (non-hydrogen) atoms. The lowest BCUT2D eigenvalue weighted by Gasteiger charge is -2.22. The summed E-state index contributed by atoms with van der Waals surface area (Å²) in [5.74, 6) is -0.695. The monoisotopic (exact) mass is 407 g/mol. The summed E-state index contributed by atoms with van der Waals surface area (Å²) in [6, 6.07) is 5.30. The Kier molecular flexibility index (Phi) is 6.82. The van der Waals surface area contributed by atoms with Gasteiger partial charge in [-0.2, -0.15) is 0 Å². The molecule has 9 heteroatoms. The predicted octanol–water partition coefficient (Wildman–Crippen LogP) is 2.84. The molecule has 0 aliphatic carbocycles. The molecule has 1 aromatic heterocycles. The van der Waals surface area contributed by atoms with E-state index in [1.165, 1.54) is 30.0 Å². The first-order valence-corrected chi connectivity index (χ1v) is 9.81. The van der Waals surface area contributed by atoms with E-state index < -0.39 is 17.8 Å². The lowest BCUT2D eigenvalue weighted by atomic mass is 10.1. The van der Waals surface area contributed by atoms with Crippen LogP contribution in [0.1, 0.15) is 56.8 Å². The summed E-state index contributed by atoms with van der Waals surface area (Å²) in [6.45, 7) is 9.30. The number of nitrogens with one attached hydrogen (secondary N) is 2. The Bertz CT molecular complexity index is 862. The maximum atomic E-state index is 13.8. The van der Waals surface area contributed by atoms with E-state index in [1.54, 1.807) is 31.5 Å². The summed E-state index contributed by atoms with van der Waals surface area (Å²) >= 11 is 1.28. The highest BCUT2D eigenvalue weighted by Gasteiger charge is 2.24. The zero-order chi connectivity index (χ0) is 21.1. The zero-order valence-electron chi connectivity index (χ0n) is 16.9. The van der Waals surface area contributed by atoms with Crippen LogP contribution in [0.15, 0.2) is 29.4 Å². The second kappa shape index (κ2) is 8.72. The van der Waals surface area contributed by atoms with Crippen LogP contribution in [-0.2, 0) is 11.8 Å². The number of hydrogen-bond donors (Lipinski definition) is 2. The Morgan fingerprint density at radius 2 is 1.82 bits per heavy atom. The van der Waals surface area contributed by atoms with Crippen LogP contribution < -0.4 is 10.6 Å². The molecule has 0 fully saturated rings. The lowest BCUT2D eigenvalue weighted by molar-refractivity contribution is -0.121. The van der Waals surface area contributed by atoms with E-state index in [4.69, 9.17) is 0 Å². The maximum absolute atomic E-state index is 13.8. The van der Waals surface area contributed by atoms with E-state index >= 15 is 0 Å². The van der Waals surface area contributed by atoms with Gasteiger partial charge in [0.05, 0.1) is 16.9 Å². The number of carbonyl (C=O) groups is 2. The topological polar surface area (TPSA) is 88.9 Å². The quantitative estimate of drug-likeness (QED) is 0.719. The summed E-state index contributed by atoms with van der Waals surface area (Å²) in [5, 5.41) is 14.1. The normalized spacial score (nSPS) is 13.7. The van der Waals surface area contributed by atoms with Gasteiger partial charge in [0.1, 0.15) is 5.82 Å². The molecular weight excluding hydrogens is 381 g/mol. The summed E-state index contributed by atoms with van der Waals surface area (Å²) in [6.07, 6.45) is 0. The first-order chi connectivity index (χ1) is 13.0. The van der Waals surface area contributed by atoms with Crippen molar-refractivity contribution in [2.24, 2.45) is 7.05 Å². The van der Waals surface area contributed by atoms with Crippen LogP contribution in [0, 0.1) is 5.82 Å². The number of carbonyl (C=O) groups excluding carboxylic acids is 2. The molecular formula is C19H26FN5O2S. The van der Waals surface area contributed by atoms with Crippen LogP contribution in [-0.4, -0.2) is 37.4 Å². The minimum atomic E-state index is -0.583. The molecule has 0 saturated carbocycles. The highest BCUT2D eigenvalue weighted by molar-refractivity contribution is 8.00. The third-order valence-corrected chi connectivity index (χ3v) is 5.01. The zero-order valence-corrected chi connectivity index (χ0v) is 17.7. The number of aromatic nitrogens is 3. The largest absolute Gasteiger partial charge is 0.351 e. The highest BCUT2D eigenvalue weighted by Crippen LogP contribution is 2.24. The Hall–Kier alpha value is -2.42. The van der Waals surface area contributed by atoms with Crippen molar-refractivity contribution in [3.63, 3.8) is 0 Å². The molecule has 0 aliphatic heterocycles. The highest BCUT2D eigenvalue weighted by atomic mass is 32.2. The maximum Gasteiger partial charge on any atom is 0.254 e. The second-order valence-electron chi connectivity index (χ2n) is 7.57. The lowest BCUT2D eigenvalue weighted by Crippen LogP contribution is -2.44. The van der Waals surface area contributed by atoms with E-state index in [0.29, 0.717) is 11.0 Å². The molecule has 2 N–H and O–H groups in total. The molecule has 0 radical (unpaired) electrons. The van der Waals surface area contributed by atoms with E-state index in [-0.39, 0.29) is 22.3 Å². The Labute approximate surface area is 168 Å². The van der Waals surface area contributed by atoms with Crippen LogP contribution in [0.2, 0.25) is 0 Å². The summed E-state index contributed by atoms with van der Waals surface area (Å²) < 4.78 is 15.5. The average Bonchev–Trinajstić information content (AvgIpc) is 2.94. The van der Waals surface area contributed by atoms with Crippen molar-refractivity contribution in [3.8, 4) is 0 Å². The van der Waals surface area contributed by atoms with Gasteiger partial charge in [0.2, 0.25) is 5.91 Å². The summed E-state index contributed by atoms with van der Waals surface area (Å²) in [4.78, 5) is 24.6. The molecule has 7 nitrogen and oxygen atoms in total. The van der Waals surface area contributed by atoms with Gasteiger partial charge in [-0.1, -0.05) is 23.9 Å². The minimum Gasteiger partial charge on any atom is -0.351 e. The van der Waals surface area contributed by atoms with Crippen molar-refractivity contribution in [1.29, 1.82) is 0 Å². The van der Waals surface area contributed by atoms with Crippen LogP contribution in [0.25, 0.3) is 0 Å². The SMILES string of the molecule is C[C@H](NC(=O)c1ccccc1F)c1nnc(S[C@H](C)C(=O)NC(C)(C)C)n1C. The van der Waals surface area contributed by atoms with Crippen LogP contribution in [0.5, 0.6) is 0 Å². The van der Waals surface area contributed by atoms with Crippen molar-refractivity contribution in [3.05, 3.63) is 41.5 Å². The van der Waals surface area contributed by atoms with Gasteiger partial charge in [-0.15, -0.1) is 10.2 Å². The van der Waals surface area contributed by atoms with Crippen LogP contribution in [0.4, 0.5) is 4.39 Å². The molecule has 2 atom stereocenters. The Balaban J connectivity index is 2.06. The summed E-state index contributed by atoms with van der Waals surface area (Å²) in [5.41, 5.74) is -0.346. The third-order valence-electron chi connectivity index (χ3n) is 3.87. The van der Waals surface area contributed by atoms with Crippen LogP contribution in [0.3, 0.4) is 0 Å². The van der Waals surface area contributed by atoms with Crippen molar-refractivity contribution < 1.29 is 14.0 Å². The number of amides is 2. The molecule has 0 bridgehead atoms. The van der Waals surface area contributed by atoms with Crippen molar-refractivity contribution >= 4 is 23.6 Å². The summed E-state index contributed by atoms with van der Waals surface area (Å²) in [7, 11) is 1.76. The van der Waals surface area contributed by atoms with Gasteiger partial charge in [-0.25, -0.2) is 4.39 Å². The number of nitrogens with zero attached hydrogens (tertiary/aromatic N) is 3. The van der Waals surface area contributed by atoms with Gasteiger partial charge >= 0.3 is 0 Å². The Morgan fingerprint density at radius 3 is 2.43 bits per heavy atom. The van der Waals surface area contributed by atoms with Gasteiger partial charge < -0.3 is 15.2 Å². The van der Waals surface area contributed by atoms with Gasteiger partial charge in [0, 0.05) is 12.6 Å². The molecule has 2 aromatic rings. The first-order valence-electron chi connectivity index (χ1n) is 8.93. The van der Waals surface area contributed by atoms with Crippen molar-refractivity contribution in [2.45, 2.75) is 56.6 Å². The van der Waals surface area contributed by atoms with Gasteiger partial charge in [0.25, 0.3) is 5.91 Å². The smallest absolute Gasteiger partial charge is 0.254 e. The minimum absolute atomic E-state index is 0.0291. The Morgan fingerprint density at radius 1 is 1.18 bits per heavy atom. The number of benzene rings is 1. The fraction of sp³-hybridized carbons (Fsp3) is 0.474. The first kappa shape index (κ1) is 21.9. The van der Waals surface area contributed by atoms with Crippen LogP contribution >= 0.6 is 11.8 Å². The second-order valence-corrected chi connectivity index (χ2v) is 8.88. The molecule has 2 amide bonds. The fourth-order valence-corrected chi connectivity index (χ4v) is 3.29. The predicted molar refractivity (Wildman–Crippen MR) is 106 cm³/mol. The number of thioether (sulfide) groups is 1. The number of hydrogen-bond acceptors (Lipinski definition) is 5. The van der Waals surface area contributed by atoms with Gasteiger partial charge in [-0.05, 0) is 46.8 Å². The molecule has 0 spiro atoms. The number of rotatable bonds is 6. The molecule has 1 heterocycles. The van der Waals surface area contributed by atoms with E-state index in [9.17, 15) is 14.0 Å². The number of halogens is 1. The van der Waals surface area contributed by atoms with Gasteiger partial charge in [0.15, 0.2) is 11.0 Å². The van der Waals surface area contributed by atoms with E-state index in [0.717, 1.165) is 0 Å². The molecule has 0 aliphatic rings. The van der Waals surface area contributed by atoms with Crippen molar-refractivity contribution in [1.82, 2.24) is 25.4 Å². The van der Waals surface area contributed by atoms with E-state index in [1.807, 2.05) is 20.8 Å². The molecule has 1 aromatic carbocycles. The van der Waals surface area contributed by atoms with E-state index in [2.05, 4.69) is 20.8 Å².